The molecule has 0 aliphatic carbocycles. The Kier molecular flexibility index (Phi) is 3.75. The van der Waals surface area contributed by atoms with Gasteiger partial charge in [-0.1, -0.05) is 23.2 Å². The number of benzene rings is 1. The number of hydrogen-bond donors (Lipinski definition) is 0. The molecule has 0 amide bonds. The molecule has 118 valence electrons. The van der Waals surface area contributed by atoms with Crippen molar-refractivity contribution < 1.29 is 17.6 Å². The van der Waals surface area contributed by atoms with Crippen LogP contribution in [0.3, 0.4) is 0 Å². The quantitative estimate of drug-likeness (QED) is 0.529. The average molecular weight is 380 g/mol. The van der Waals surface area contributed by atoms with Gasteiger partial charge in [-0.25, -0.2) is 4.68 Å². The van der Waals surface area contributed by atoms with Gasteiger partial charge in [0, 0.05) is 6.20 Å². The van der Waals surface area contributed by atoms with Crippen molar-refractivity contribution >= 4 is 44.8 Å². The van der Waals surface area contributed by atoms with Crippen molar-refractivity contribution in [3.63, 3.8) is 0 Å². The van der Waals surface area contributed by atoms with E-state index in [4.69, 9.17) is 28.5 Å². The Hall–Kier alpha value is -1.82. The van der Waals surface area contributed by atoms with E-state index in [2.05, 4.69) is 5.10 Å². The van der Waals surface area contributed by atoms with Crippen molar-refractivity contribution in [2.45, 2.75) is 6.18 Å². The Balaban J connectivity index is 2.20. The van der Waals surface area contributed by atoms with E-state index in [1.807, 2.05) is 0 Å². The third kappa shape index (κ3) is 2.65. The Morgan fingerprint density at radius 1 is 1.22 bits per heavy atom. The summed E-state index contributed by atoms with van der Waals surface area (Å²) in [5.41, 5.74) is -1.10. The summed E-state index contributed by atoms with van der Waals surface area (Å²) in [5.74, 6) is 0. The maximum absolute atomic E-state index is 13.5. The molecule has 0 saturated heterocycles. The minimum atomic E-state index is -4.59. The zero-order chi connectivity index (χ0) is 16.9. The lowest BCUT2D eigenvalue weighted by Gasteiger charge is -2.12. The molecular weight excluding hydrogens is 377 g/mol. The van der Waals surface area contributed by atoms with E-state index in [0.29, 0.717) is 16.0 Å². The van der Waals surface area contributed by atoms with Crippen molar-refractivity contribution in [1.29, 1.82) is 5.26 Å². The highest BCUT2D eigenvalue weighted by Gasteiger charge is 2.32. The van der Waals surface area contributed by atoms with Gasteiger partial charge in [0.25, 0.3) is 0 Å². The number of aromatic nitrogens is 2. The fraction of sp³-hybridized carbons (Fsp3) is 0.0769. The number of nitriles is 1. The summed E-state index contributed by atoms with van der Waals surface area (Å²) in [7, 11) is 0. The number of alkyl halides is 3. The number of fused-ring (bicyclic) bond motifs is 1. The van der Waals surface area contributed by atoms with Crippen LogP contribution in [0.1, 0.15) is 11.1 Å². The molecule has 0 bridgehead atoms. The van der Waals surface area contributed by atoms with Gasteiger partial charge in [-0.15, -0.1) is 11.3 Å². The van der Waals surface area contributed by atoms with Crippen LogP contribution in [-0.4, -0.2) is 9.78 Å². The monoisotopic (exact) mass is 379 g/mol. The van der Waals surface area contributed by atoms with Gasteiger partial charge in [0.15, 0.2) is 5.13 Å². The van der Waals surface area contributed by atoms with Crippen LogP contribution in [0.25, 0.3) is 15.9 Å². The van der Waals surface area contributed by atoms with Crippen molar-refractivity contribution in [2.24, 2.45) is 0 Å². The second-order valence-corrected chi connectivity index (χ2v) is 6.25. The molecular formula is C13H3Cl2F4N3S. The highest BCUT2D eigenvalue weighted by molar-refractivity contribution is 7.17. The van der Waals surface area contributed by atoms with Crippen LogP contribution in [0.5, 0.6) is 0 Å². The molecule has 1 aromatic carbocycles. The second-order valence-electron chi connectivity index (χ2n) is 4.44. The van der Waals surface area contributed by atoms with Crippen molar-refractivity contribution in [2.75, 3.05) is 0 Å². The standard InChI is InChI=1S/C13H3Cl2F4N3S/c14-7-1-5(13(17,18)19)2-8(15)11(7)22-4-9-10(21-22)6(3-20)12(16)23-9/h1-2,4H. The van der Waals surface area contributed by atoms with Gasteiger partial charge < -0.3 is 0 Å². The minimum absolute atomic E-state index is 0.0223. The maximum Gasteiger partial charge on any atom is 0.416 e. The highest BCUT2D eigenvalue weighted by Crippen LogP contribution is 2.38. The smallest absolute Gasteiger partial charge is 0.236 e. The molecule has 2 heterocycles. The molecule has 3 nitrogen and oxygen atoms in total. The summed E-state index contributed by atoms with van der Waals surface area (Å²) >= 11 is 12.5. The predicted octanol–water partition coefficient (Wildman–Crippen LogP) is 5.42. The molecule has 0 aliphatic rings. The van der Waals surface area contributed by atoms with Crippen molar-refractivity contribution in [3.05, 3.63) is 44.6 Å². The van der Waals surface area contributed by atoms with Crippen LogP contribution in [0, 0.1) is 16.5 Å². The molecule has 10 heteroatoms. The van der Waals surface area contributed by atoms with E-state index in [0.717, 1.165) is 16.8 Å². The molecule has 0 saturated carbocycles. The minimum Gasteiger partial charge on any atom is -0.236 e. The molecule has 0 atom stereocenters. The number of rotatable bonds is 1. The molecule has 2 aromatic heterocycles. The second kappa shape index (κ2) is 5.37. The first-order valence-electron chi connectivity index (χ1n) is 5.86. The molecule has 0 aliphatic heterocycles. The highest BCUT2D eigenvalue weighted by atomic mass is 35.5. The molecule has 0 unspecified atom stereocenters. The van der Waals surface area contributed by atoms with Crippen LogP contribution >= 0.6 is 34.5 Å². The number of nitrogens with zero attached hydrogens (tertiary/aromatic N) is 3. The lowest BCUT2D eigenvalue weighted by Crippen LogP contribution is -2.07. The van der Waals surface area contributed by atoms with E-state index in [9.17, 15) is 17.6 Å². The van der Waals surface area contributed by atoms with Crippen LogP contribution in [-0.2, 0) is 6.18 Å². The summed E-state index contributed by atoms with van der Waals surface area (Å²) < 4.78 is 53.2. The maximum atomic E-state index is 13.5. The summed E-state index contributed by atoms with van der Waals surface area (Å²) in [6.07, 6.45) is -3.24. The zero-order valence-electron chi connectivity index (χ0n) is 10.7. The summed E-state index contributed by atoms with van der Waals surface area (Å²) in [4.78, 5) is 0. The molecule has 23 heavy (non-hydrogen) atoms. The third-order valence-electron chi connectivity index (χ3n) is 3.00. The van der Waals surface area contributed by atoms with Gasteiger partial charge in [0.05, 0.1) is 20.3 Å². The van der Waals surface area contributed by atoms with E-state index in [1.165, 1.54) is 6.20 Å². The summed E-state index contributed by atoms with van der Waals surface area (Å²) in [5, 5.41) is 11.7. The molecule has 3 rings (SSSR count). The molecule has 0 fully saturated rings. The Bertz CT molecular complexity index is 945. The van der Waals surface area contributed by atoms with Gasteiger partial charge in [-0.05, 0) is 12.1 Å². The molecule has 0 radical (unpaired) electrons. The zero-order valence-corrected chi connectivity index (χ0v) is 13.1. The number of hydrogen-bond acceptors (Lipinski definition) is 3. The molecule has 0 spiro atoms. The lowest BCUT2D eigenvalue weighted by atomic mass is 10.2. The fourth-order valence-corrected chi connectivity index (χ4v) is 3.50. The summed E-state index contributed by atoms with van der Waals surface area (Å²) in [6, 6.07) is 3.14. The van der Waals surface area contributed by atoms with Crippen LogP contribution < -0.4 is 0 Å². The van der Waals surface area contributed by atoms with E-state index in [1.54, 1.807) is 6.07 Å². The Morgan fingerprint density at radius 2 is 1.83 bits per heavy atom. The Labute approximate surface area is 140 Å². The molecule has 0 N–H and O–H groups in total. The SMILES string of the molecule is N#Cc1c(F)sc2cn(-c3c(Cl)cc(C(F)(F)F)cc3Cl)nc12. The predicted molar refractivity (Wildman–Crippen MR) is 78.6 cm³/mol. The largest absolute Gasteiger partial charge is 0.416 e. The average Bonchev–Trinajstić information content (AvgIpc) is 2.93. The van der Waals surface area contributed by atoms with E-state index < -0.39 is 16.9 Å². The van der Waals surface area contributed by atoms with Crippen LogP contribution in [0.15, 0.2) is 18.3 Å². The third-order valence-corrected chi connectivity index (χ3v) is 4.48. The van der Waals surface area contributed by atoms with Gasteiger partial charge in [-0.3, -0.25) is 0 Å². The topological polar surface area (TPSA) is 41.6 Å². The lowest BCUT2D eigenvalue weighted by molar-refractivity contribution is -0.137. The first-order chi connectivity index (χ1) is 10.7. The van der Waals surface area contributed by atoms with Gasteiger partial charge in [0.1, 0.15) is 22.8 Å². The number of thiophene rings is 1. The van der Waals surface area contributed by atoms with Crippen molar-refractivity contribution in [1.82, 2.24) is 9.78 Å². The van der Waals surface area contributed by atoms with Crippen LogP contribution in [0.4, 0.5) is 17.6 Å². The Morgan fingerprint density at radius 3 is 2.35 bits per heavy atom. The van der Waals surface area contributed by atoms with Gasteiger partial charge in [0.2, 0.25) is 0 Å². The van der Waals surface area contributed by atoms with E-state index in [-0.39, 0.29) is 26.8 Å². The van der Waals surface area contributed by atoms with Gasteiger partial charge in [-0.2, -0.15) is 27.9 Å². The number of halogens is 6. The first kappa shape index (κ1) is 16.1. The fourth-order valence-electron chi connectivity index (χ4n) is 2.01. The van der Waals surface area contributed by atoms with Gasteiger partial charge >= 0.3 is 6.18 Å². The summed E-state index contributed by atoms with van der Waals surface area (Å²) in [6.45, 7) is 0. The normalized spacial score (nSPS) is 11.9. The van der Waals surface area contributed by atoms with Crippen molar-refractivity contribution in [3.8, 4) is 11.8 Å². The van der Waals surface area contributed by atoms with E-state index >= 15 is 0 Å². The van der Waals surface area contributed by atoms with Crippen LogP contribution in [0.2, 0.25) is 10.0 Å². The first-order valence-corrected chi connectivity index (χ1v) is 7.44. The molecule has 3 aromatic rings.